The van der Waals surface area contributed by atoms with Gasteiger partial charge in [-0.05, 0) is 42.7 Å². The Morgan fingerprint density at radius 1 is 1.09 bits per heavy atom. The number of fused-ring (bicyclic) bond motifs is 1. The number of sulfone groups is 1. The summed E-state index contributed by atoms with van der Waals surface area (Å²) in [6.45, 7) is 0.689. The molecule has 32 heavy (non-hydrogen) atoms. The molecule has 1 N–H and O–H groups in total. The van der Waals surface area contributed by atoms with Gasteiger partial charge in [0.2, 0.25) is 0 Å². The third kappa shape index (κ3) is 4.43. The molecule has 1 saturated carbocycles. The number of rotatable bonds is 7. The fourth-order valence-corrected chi connectivity index (χ4v) is 5.33. The molecular formula is C22H22N4O5S. The van der Waals surface area contributed by atoms with E-state index in [0.717, 1.165) is 5.56 Å². The number of nitrogens with zero attached hydrogens (tertiary/aromatic N) is 3. The van der Waals surface area contributed by atoms with Gasteiger partial charge >= 0.3 is 0 Å². The summed E-state index contributed by atoms with van der Waals surface area (Å²) >= 11 is 0. The second-order valence-electron chi connectivity index (χ2n) is 7.94. The van der Waals surface area contributed by atoms with Crippen LogP contribution in [-0.2, 0) is 22.9 Å². The average molecular weight is 455 g/mol. The summed E-state index contributed by atoms with van der Waals surface area (Å²) in [7, 11) is -3.18. The van der Waals surface area contributed by atoms with Crippen LogP contribution < -0.4 is 10.9 Å². The second-order valence-corrected chi connectivity index (χ2v) is 10.3. The maximum atomic E-state index is 12.8. The molecule has 2 amide bonds. The van der Waals surface area contributed by atoms with Crippen LogP contribution in [0, 0.1) is 11.3 Å². The van der Waals surface area contributed by atoms with Gasteiger partial charge in [0, 0.05) is 26.2 Å². The molecule has 0 unspecified atom stereocenters. The number of nitrogens with one attached hydrogen (secondary N) is 1. The maximum Gasteiger partial charge on any atom is 0.270 e. The standard InChI is InChI=1S/C22H22N4O5S/c23-13-15-1-3-16(4-2-15)14-24-20(27)18-7-8-19-22(29)25(9-10-26(19)21(18)28)11-12-32(30,31)17-5-6-17/h1-4,7-8,17H,5-6,9-12,14H2,(H,24,27). The Morgan fingerprint density at radius 3 is 2.47 bits per heavy atom. The van der Waals surface area contributed by atoms with Gasteiger partial charge in [0.15, 0.2) is 9.84 Å². The third-order valence-electron chi connectivity index (χ3n) is 5.73. The lowest BCUT2D eigenvalue weighted by molar-refractivity contribution is 0.0710. The highest BCUT2D eigenvalue weighted by atomic mass is 32.2. The molecule has 0 atom stereocenters. The van der Waals surface area contributed by atoms with Gasteiger partial charge in [0.1, 0.15) is 11.3 Å². The lowest BCUT2D eigenvalue weighted by Crippen LogP contribution is -2.47. The van der Waals surface area contributed by atoms with Crippen LogP contribution in [0.2, 0.25) is 0 Å². The molecule has 2 heterocycles. The Bertz CT molecular complexity index is 1270. The molecule has 0 radical (unpaired) electrons. The van der Waals surface area contributed by atoms with Crippen molar-refractivity contribution in [2.24, 2.45) is 0 Å². The molecule has 0 spiro atoms. The number of pyridine rings is 1. The van der Waals surface area contributed by atoms with Crippen molar-refractivity contribution in [3.05, 3.63) is 69.1 Å². The number of hydrogen-bond donors (Lipinski definition) is 1. The van der Waals surface area contributed by atoms with Crippen molar-refractivity contribution in [1.29, 1.82) is 5.26 Å². The number of benzene rings is 1. The summed E-state index contributed by atoms with van der Waals surface area (Å²) in [4.78, 5) is 39.6. The highest BCUT2D eigenvalue weighted by molar-refractivity contribution is 7.92. The monoisotopic (exact) mass is 454 g/mol. The first-order chi connectivity index (χ1) is 15.3. The molecule has 166 valence electrons. The van der Waals surface area contributed by atoms with Gasteiger partial charge in [-0.15, -0.1) is 0 Å². The number of carbonyl (C=O) groups is 2. The van der Waals surface area contributed by atoms with E-state index in [-0.39, 0.29) is 48.4 Å². The lowest BCUT2D eigenvalue weighted by atomic mass is 10.1. The van der Waals surface area contributed by atoms with Gasteiger partial charge in [0.05, 0.1) is 22.6 Å². The molecule has 1 aromatic heterocycles. The average Bonchev–Trinajstić information content (AvgIpc) is 3.64. The highest BCUT2D eigenvalue weighted by Crippen LogP contribution is 2.29. The molecule has 0 saturated heterocycles. The van der Waals surface area contributed by atoms with Crippen molar-refractivity contribution in [2.45, 2.75) is 31.2 Å². The number of carbonyl (C=O) groups excluding carboxylic acids is 2. The van der Waals surface area contributed by atoms with E-state index in [1.807, 2.05) is 6.07 Å². The molecule has 2 aromatic rings. The largest absolute Gasteiger partial charge is 0.348 e. The first kappa shape index (κ1) is 21.8. The van der Waals surface area contributed by atoms with Crippen LogP contribution in [0.1, 0.15) is 44.8 Å². The Kier molecular flexibility index (Phi) is 5.84. The van der Waals surface area contributed by atoms with E-state index in [1.165, 1.54) is 21.6 Å². The highest BCUT2D eigenvalue weighted by Gasteiger charge is 2.36. The van der Waals surface area contributed by atoms with E-state index in [4.69, 9.17) is 5.26 Å². The van der Waals surface area contributed by atoms with Crippen molar-refractivity contribution in [2.75, 3.05) is 18.8 Å². The number of hydrogen-bond acceptors (Lipinski definition) is 6. The normalized spacial score (nSPS) is 15.7. The predicted molar refractivity (Wildman–Crippen MR) is 116 cm³/mol. The Hall–Kier alpha value is -3.45. The molecular weight excluding hydrogens is 432 g/mol. The first-order valence-electron chi connectivity index (χ1n) is 10.3. The minimum absolute atomic E-state index is 0.0695. The molecule has 0 bridgehead atoms. The zero-order valence-electron chi connectivity index (χ0n) is 17.3. The van der Waals surface area contributed by atoms with Gasteiger partial charge in [0.25, 0.3) is 17.4 Å². The van der Waals surface area contributed by atoms with E-state index in [0.29, 0.717) is 18.4 Å². The maximum absolute atomic E-state index is 12.8. The number of nitriles is 1. The minimum atomic E-state index is -3.18. The van der Waals surface area contributed by atoms with Gasteiger partial charge in [-0.1, -0.05) is 12.1 Å². The smallest absolute Gasteiger partial charge is 0.270 e. The molecule has 10 heteroatoms. The van der Waals surface area contributed by atoms with Crippen LogP contribution in [0.15, 0.2) is 41.2 Å². The SMILES string of the molecule is N#Cc1ccc(CNC(=O)c2ccc3n(c2=O)CCN(CCS(=O)(=O)C2CC2)C3=O)cc1. The molecule has 1 fully saturated rings. The summed E-state index contributed by atoms with van der Waals surface area (Å²) in [5.41, 5.74) is 0.811. The molecule has 2 aliphatic rings. The summed E-state index contributed by atoms with van der Waals surface area (Å²) < 4.78 is 25.5. The Balaban J connectivity index is 1.43. The quantitative estimate of drug-likeness (QED) is 0.655. The third-order valence-corrected chi connectivity index (χ3v) is 7.97. The van der Waals surface area contributed by atoms with Gasteiger partial charge in [-0.25, -0.2) is 8.42 Å². The summed E-state index contributed by atoms with van der Waals surface area (Å²) in [6, 6.07) is 11.5. The molecule has 9 nitrogen and oxygen atoms in total. The fraction of sp³-hybridized carbons (Fsp3) is 0.364. The Labute approximate surface area is 185 Å². The van der Waals surface area contributed by atoms with E-state index >= 15 is 0 Å². The van der Waals surface area contributed by atoms with Crippen LogP contribution in [0.3, 0.4) is 0 Å². The van der Waals surface area contributed by atoms with E-state index in [2.05, 4.69) is 5.32 Å². The predicted octanol–water partition coefficient (Wildman–Crippen LogP) is 0.683. The van der Waals surface area contributed by atoms with Crippen molar-refractivity contribution in [1.82, 2.24) is 14.8 Å². The van der Waals surface area contributed by atoms with Gasteiger partial charge < -0.3 is 14.8 Å². The lowest BCUT2D eigenvalue weighted by Gasteiger charge is -2.29. The van der Waals surface area contributed by atoms with Crippen LogP contribution in [0.4, 0.5) is 0 Å². The fourth-order valence-electron chi connectivity index (χ4n) is 3.66. The van der Waals surface area contributed by atoms with Crippen molar-refractivity contribution in [3.63, 3.8) is 0 Å². The zero-order chi connectivity index (χ0) is 22.9. The van der Waals surface area contributed by atoms with Crippen LogP contribution >= 0.6 is 0 Å². The van der Waals surface area contributed by atoms with Crippen LogP contribution in [-0.4, -0.2) is 53.8 Å². The van der Waals surface area contributed by atoms with Crippen LogP contribution in [0.25, 0.3) is 0 Å². The molecule has 1 aromatic carbocycles. The van der Waals surface area contributed by atoms with Crippen molar-refractivity contribution < 1.29 is 18.0 Å². The van der Waals surface area contributed by atoms with Crippen LogP contribution in [0.5, 0.6) is 0 Å². The van der Waals surface area contributed by atoms with Gasteiger partial charge in [-0.2, -0.15) is 5.26 Å². The summed E-state index contributed by atoms with van der Waals surface area (Å²) in [5.74, 6) is -1.05. The second kappa shape index (κ2) is 8.59. The topological polar surface area (TPSA) is 129 Å². The first-order valence-corrected chi connectivity index (χ1v) is 12.0. The van der Waals surface area contributed by atoms with E-state index < -0.39 is 27.2 Å². The van der Waals surface area contributed by atoms with Gasteiger partial charge in [-0.3, -0.25) is 14.4 Å². The summed E-state index contributed by atoms with van der Waals surface area (Å²) in [5, 5.41) is 11.2. The molecule has 1 aliphatic heterocycles. The van der Waals surface area contributed by atoms with Crippen molar-refractivity contribution in [3.8, 4) is 6.07 Å². The Morgan fingerprint density at radius 2 is 1.81 bits per heavy atom. The number of aromatic nitrogens is 1. The van der Waals surface area contributed by atoms with Crippen molar-refractivity contribution >= 4 is 21.7 Å². The zero-order valence-corrected chi connectivity index (χ0v) is 18.1. The summed E-state index contributed by atoms with van der Waals surface area (Å²) in [6.07, 6.45) is 1.37. The van der Waals surface area contributed by atoms with E-state index in [1.54, 1.807) is 24.3 Å². The van der Waals surface area contributed by atoms with E-state index in [9.17, 15) is 22.8 Å². The molecule has 1 aliphatic carbocycles. The minimum Gasteiger partial charge on any atom is -0.348 e. The molecule has 4 rings (SSSR count). The number of amides is 2.